The summed E-state index contributed by atoms with van der Waals surface area (Å²) in [6.07, 6.45) is 2.90. The third-order valence-electron chi connectivity index (χ3n) is 2.28. The van der Waals surface area contributed by atoms with Crippen molar-refractivity contribution < 1.29 is 9.59 Å². The maximum atomic E-state index is 11.5. The average molecular weight is 228 g/mol. The zero-order valence-electron chi connectivity index (χ0n) is 9.58. The van der Waals surface area contributed by atoms with Crippen molar-refractivity contribution in [2.24, 2.45) is 0 Å². The van der Waals surface area contributed by atoms with Crippen molar-refractivity contribution in [1.82, 2.24) is 4.31 Å². The summed E-state index contributed by atoms with van der Waals surface area (Å²) in [7, 11) is 0. The maximum absolute atomic E-state index is 11.5. The molecule has 0 aromatic rings. The Morgan fingerprint density at radius 1 is 1.33 bits per heavy atom. The van der Waals surface area contributed by atoms with Crippen molar-refractivity contribution in [1.29, 1.82) is 0 Å². The molecule has 1 fully saturated rings. The Balaban J connectivity index is 2.69. The fourth-order valence-corrected chi connectivity index (χ4v) is 3.36. The van der Waals surface area contributed by atoms with Crippen LogP contribution in [-0.4, -0.2) is 27.6 Å². The van der Waals surface area contributed by atoms with E-state index >= 15 is 0 Å². The third-order valence-corrected chi connectivity index (χ3v) is 4.42. The molecule has 0 bridgehead atoms. The number of hydrogen-bond acceptors (Lipinski definition) is 2. The van der Waals surface area contributed by atoms with Crippen LogP contribution in [0.1, 0.15) is 33.6 Å². The minimum absolute atomic E-state index is 0.00680. The zero-order chi connectivity index (χ0) is 11.4. The van der Waals surface area contributed by atoms with Crippen molar-refractivity contribution in [3.05, 3.63) is 11.6 Å². The van der Waals surface area contributed by atoms with Crippen molar-refractivity contribution in [3.63, 3.8) is 0 Å². The van der Waals surface area contributed by atoms with Gasteiger partial charge in [-0.25, -0.2) is 0 Å². The lowest BCUT2D eigenvalue weighted by Gasteiger charge is -2.12. The number of nitrogens with zero attached hydrogens (tertiary/aromatic N) is 1. The van der Waals surface area contributed by atoms with Crippen LogP contribution in [0.15, 0.2) is 11.6 Å². The van der Waals surface area contributed by atoms with Crippen LogP contribution in [0, 0.1) is 0 Å². The highest BCUT2D eigenvalue weighted by Crippen LogP contribution is 2.19. The average Bonchev–Trinajstić information content (AvgIpc) is 2.49. The summed E-state index contributed by atoms with van der Waals surface area (Å²) in [5.74, 6) is 1.69. The molecule has 2 amide bonds. The molecular formula is C11H18NO2S+. The van der Waals surface area contributed by atoms with Crippen LogP contribution in [0.3, 0.4) is 0 Å². The van der Waals surface area contributed by atoms with E-state index in [9.17, 15) is 9.59 Å². The fourth-order valence-electron chi connectivity index (χ4n) is 1.43. The first-order chi connectivity index (χ1) is 7.06. The van der Waals surface area contributed by atoms with E-state index in [0.29, 0.717) is 12.8 Å². The van der Waals surface area contributed by atoms with Crippen molar-refractivity contribution in [2.45, 2.75) is 33.6 Å². The summed E-state index contributed by atoms with van der Waals surface area (Å²) in [6, 6.07) is 0. The van der Waals surface area contributed by atoms with E-state index in [0.717, 1.165) is 11.5 Å². The maximum Gasteiger partial charge on any atom is 0.273 e. The monoisotopic (exact) mass is 228 g/mol. The van der Waals surface area contributed by atoms with Crippen LogP contribution < -0.4 is 0 Å². The molecule has 0 aromatic carbocycles. The molecule has 0 aliphatic carbocycles. The Kier molecular flexibility index (Phi) is 4.39. The van der Waals surface area contributed by atoms with Crippen molar-refractivity contribution in [2.75, 3.05) is 11.5 Å². The van der Waals surface area contributed by atoms with Crippen LogP contribution in [0.4, 0.5) is 0 Å². The first-order valence-electron chi connectivity index (χ1n) is 5.23. The molecule has 1 aliphatic heterocycles. The predicted molar refractivity (Wildman–Crippen MR) is 63.3 cm³/mol. The van der Waals surface area contributed by atoms with Gasteiger partial charge in [-0.1, -0.05) is 9.88 Å². The van der Waals surface area contributed by atoms with Crippen LogP contribution in [-0.2, 0) is 20.7 Å². The van der Waals surface area contributed by atoms with E-state index in [1.807, 2.05) is 20.8 Å². The zero-order valence-corrected chi connectivity index (χ0v) is 10.4. The predicted octanol–water partition coefficient (Wildman–Crippen LogP) is 1.65. The van der Waals surface area contributed by atoms with Crippen LogP contribution in [0.25, 0.3) is 0 Å². The second-order valence-electron chi connectivity index (χ2n) is 3.78. The van der Waals surface area contributed by atoms with Gasteiger partial charge in [0.25, 0.3) is 11.8 Å². The Hall–Kier alpha value is -0.770. The molecule has 0 N–H and O–H groups in total. The van der Waals surface area contributed by atoms with Gasteiger partial charge in [-0.15, -0.1) is 0 Å². The molecular weight excluding hydrogens is 210 g/mol. The normalized spacial score (nSPS) is 18.2. The van der Waals surface area contributed by atoms with Gasteiger partial charge >= 0.3 is 0 Å². The summed E-state index contributed by atoms with van der Waals surface area (Å²) >= 11 is -0.230. The second-order valence-corrected chi connectivity index (χ2v) is 5.98. The molecule has 0 saturated carbocycles. The van der Waals surface area contributed by atoms with E-state index in [-0.39, 0.29) is 22.9 Å². The highest BCUT2D eigenvalue weighted by atomic mass is 32.2. The van der Waals surface area contributed by atoms with Crippen molar-refractivity contribution in [3.8, 4) is 0 Å². The number of carbonyl (C=O) groups excluding carboxylic acids is 2. The Bertz CT molecular complexity index is 279. The standard InChI is InChI=1S/C11H18NO2S/c1-4-15(8-7-9(2)3)12-10(13)5-6-11(12)14/h7H,4-6,8H2,1-3H3/q+1. The highest BCUT2D eigenvalue weighted by Gasteiger charge is 2.41. The van der Waals surface area contributed by atoms with Gasteiger partial charge in [-0.2, -0.15) is 0 Å². The Labute approximate surface area is 94.0 Å². The van der Waals surface area contributed by atoms with Gasteiger partial charge in [-0.05, 0) is 26.8 Å². The quantitative estimate of drug-likeness (QED) is 0.417. The minimum Gasteiger partial charge on any atom is -0.270 e. The van der Waals surface area contributed by atoms with E-state index in [1.54, 1.807) is 0 Å². The number of hydrogen-bond donors (Lipinski definition) is 0. The molecule has 0 radical (unpaired) electrons. The van der Waals surface area contributed by atoms with E-state index in [1.165, 1.54) is 9.88 Å². The molecule has 3 nitrogen and oxygen atoms in total. The second kappa shape index (κ2) is 5.35. The van der Waals surface area contributed by atoms with Gasteiger partial charge in [0.2, 0.25) is 0 Å². The number of allylic oxidation sites excluding steroid dienone is 1. The molecule has 0 aromatic heterocycles. The Morgan fingerprint density at radius 2 is 1.87 bits per heavy atom. The minimum atomic E-state index is -0.230. The fraction of sp³-hybridized carbons (Fsp3) is 0.636. The lowest BCUT2D eigenvalue weighted by molar-refractivity contribution is -0.132. The van der Waals surface area contributed by atoms with E-state index in [4.69, 9.17) is 0 Å². The van der Waals surface area contributed by atoms with Crippen LogP contribution in [0.2, 0.25) is 0 Å². The Morgan fingerprint density at radius 3 is 2.27 bits per heavy atom. The molecule has 1 heterocycles. The van der Waals surface area contributed by atoms with Gasteiger partial charge in [0.05, 0.1) is 0 Å². The van der Waals surface area contributed by atoms with E-state index in [2.05, 4.69) is 6.08 Å². The summed E-state index contributed by atoms with van der Waals surface area (Å²) in [5.41, 5.74) is 1.24. The number of rotatable bonds is 4. The molecule has 1 atom stereocenters. The summed E-state index contributed by atoms with van der Waals surface area (Å²) in [6.45, 7) is 6.09. The largest absolute Gasteiger partial charge is 0.273 e. The highest BCUT2D eigenvalue weighted by molar-refractivity contribution is 7.95. The van der Waals surface area contributed by atoms with Gasteiger partial charge in [0, 0.05) is 12.8 Å². The molecule has 4 heteroatoms. The molecule has 15 heavy (non-hydrogen) atoms. The van der Waals surface area contributed by atoms with Gasteiger partial charge in [0.1, 0.15) is 16.8 Å². The summed E-state index contributed by atoms with van der Waals surface area (Å²) < 4.78 is 1.49. The van der Waals surface area contributed by atoms with Gasteiger partial charge < -0.3 is 0 Å². The van der Waals surface area contributed by atoms with Crippen molar-refractivity contribution >= 4 is 22.9 Å². The van der Waals surface area contributed by atoms with Crippen LogP contribution in [0.5, 0.6) is 0 Å². The SMILES string of the molecule is CC[S+](CC=C(C)C)N1C(=O)CCC1=O. The first-order valence-corrected chi connectivity index (χ1v) is 6.75. The summed E-state index contributed by atoms with van der Waals surface area (Å²) in [4.78, 5) is 23.0. The number of amides is 2. The van der Waals surface area contributed by atoms with E-state index < -0.39 is 0 Å². The molecule has 1 saturated heterocycles. The number of carbonyl (C=O) groups is 2. The number of imide groups is 1. The lowest BCUT2D eigenvalue weighted by atomic mass is 10.3. The van der Waals surface area contributed by atoms with Gasteiger partial charge in [0.15, 0.2) is 5.75 Å². The summed E-state index contributed by atoms with van der Waals surface area (Å²) in [5, 5.41) is 0. The molecule has 1 unspecified atom stereocenters. The van der Waals surface area contributed by atoms with Crippen LogP contribution >= 0.6 is 0 Å². The first kappa shape index (κ1) is 12.3. The molecule has 0 spiro atoms. The van der Waals surface area contributed by atoms with Gasteiger partial charge in [-0.3, -0.25) is 9.59 Å². The molecule has 1 aliphatic rings. The smallest absolute Gasteiger partial charge is 0.270 e. The lowest BCUT2D eigenvalue weighted by Crippen LogP contribution is -2.38. The molecule has 84 valence electrons. The third kappa shape index (κ3) is 3.09. The molecule has 1 rings (SSSR count). The topological polar surface area (TPSA) is 37.4 Å².